The Hall–Kier alpha value is -1.40. The molecule has 1 unspecified atom stereocenters. The second-order valence-electron chi connectivity index (χ2n) is 6.98. The average molecular weight is 381 g/mol. The van der Waals surface area contributed by atoms with Crippen molar-refractivity contribution in [1.82, 2.24) is 9.21 Å². The van der Waals surface area contributed by atoms with E-state index in [9.17, 15) is 13.2 Å². The van der Waals surface area contributed by atoms with Crippen LogP contribution in [-0.2, 0) is 10.0 Å². The van der Waals surface area contributed by atoms with Crippen LogP contribution in [0.5, 0.6) is 0 Å². The number of benzene rings is 1. The molecular formula is C20H32N2O3S. The van der Waals surface area contributed by atoms with Gasteiger partial charge in [-0.2, -0.15) is 4.31 Å². The molecule has 146 valence electrons. The van der Waals surface area contributed by atoms with Crippen LogP contribution in [0.2, 0.25) is 0 Å². The predicted octanol–water partition coefficient (Wildman–Crippen LogP) is 3.90. The van der Waals surface area contributed by atoms with E-state index < -0.39 is 10.0 Å². The summed E-state index contributed by atoms with van der Waals surface area (Å²) in [7, 11) is -3.50. The first-order chi connectivity index (χ1) is 12.5. The number of rotatable bonds is 8. The molecule has 1 aromatic rings. The second kappa shape index (κ2) is 9.51. The third kappa shape index (κ3) is 4.65. The molecule has 1 aliphatic heterocycles. The highest BCUT2D eigenvalue weighted by atomic mass is 32.2. The topological polar surface area (TPSA) is 57.7 Å². The number of piperidine rings is 1. The van der Waals surface area contributed by atoms with E-state index in [4.69, 9.17) is 0 Å². The van der Waals surface area contributed by atoms with E-state index in [2.05, 4.69) is 6.92 Å². The van der Waals surface area contributed by atoms with Gasteiger partial charge in [0.25, 0.3) is 5.91 Å². The Bertz CT molecular complexity index is 680. The van der Waals surface area contributed by atoms with Gasteiger partial charge in [-0.1, -0.05) is 20.8 Å². The monoisotopic (exact) mass is 380 g/mol. The van der Waals surface area contributed by atoms with Crippen molar-refractivity contribution in [3.8, 4) is 0 Å². The summed E-state index contributed by atoms with van der Waals surface area (Å²) < 4.78 is 27.2. The molecule has 1 heterocycles. The van der Waals surface area contributed by atoms with Gasteiger partial charge in [-0.3, -0.25) is 4.79 Å². The lowest BCUT2D eigenvalue weighted by atomic mass is 9.99. The number of hydrogen-bond donors (Lipinski definition) is 0. The zero-order chi connectivity index (χ0) is 19.2. The van der Waals surface area contributed by atoms with Crippen molar-refractivity contribution >= 4 is 15.9 Å². The van der Waals surface area contributed by atoms with Crippen molar-refractivity contribution in [2.45, 2.75) is 70.2 Å². The number of carbonyl (C=O) groups excluding carboxylic acids is 1. The fraction of sp³-hybridized carbons (Fsp3) is 0.650. The predicted molar refractivity (Wildman–Crippen MR) is 105 cm³/mol. The molecule has 0 saturated carbocycles. The molecule has 1 fully saturated rings. The third-order valence-electron chi connectivity index (χ3n) is 5.04. The van der Waals surface area contributed by atoms with E-state index in [1.165, 1.54) is 10.7 Å². The van der Waals surface area contributed by atoms with Crippen molar-refractivity contribution in [3.05, 3.63) is 29.8 Å². The standard InChI is InChI=1S/C20H32N2O3S/c1-4-14-21(15-5-2)26(24,25)19-12-10-17(11-13-19)20(23)22-16-8-7-9-18(22)6-3/h10-13,18H,4-9,14-16H2,1-3H3. The Morgan fingerprint density at radius 1 is 1.08 bits per heavy atom. The van der Waals surface area contributed by atoms with Gasteiger partial charge < -0.3 is 4.90 Å². The molecule has 0 aliphatic carbocycles. The zero-order valence-electron chi connectivity index (χ0n) is 16.3. The van der Waals surface area contributed by atoms with Crippen LogP contribution in [0.25, 0.3) is 0 Å². The van der Waals surface area contributed by atoms with Gasteiger partial charge in [0.15, 0.2) is 0 Å². The Morgan fingerprint density at radius 2 is 1.69 bits per heavy atom. The number of sulfonamides is 1. The van der Waals surface area contributed by atoms with Crippen LogP contribution >= 0.6 is 0 Å². The molecule has 0 spiro atoms. The molecule has 1 atom stereocenters. The Balaban J connectivity index is 2.20. The molecule has 0 aromatic heterocycles. The average Bonchev–Trinajstić information content (AvgIpc) is 2.67. The molecule has 0 bridgehead atoms. The lowest BCUT2D eigenvalue weighted by Crippen LogP contribution is -2.43. The van der Waals surface area contributed by atoms with Crippen LogP contribution in [0.1, 0.15) is 69.7 Å². The quantitative estimate of drug-likeness (QED) is 0.687. The highest BCUT2D eigenvalue weighted by Gasteiger charge is 2.27. The largest absolute Gasteiger partial charge is 0.336 e. The van der Waals surface area contributed by atoms with Gasteiger partial charge in [-0.15, -0.1) is 0 Å². The lowest BCUT2D eigenvalue weighted by molar-refractivity contribution is 0.0608. The molecule has 0 N–H and O–H groups in total. The summed E-state index contributed by atoms with van der Waals surface area (Å²) in [4.78, 5) is 15.1. The molecule has 6 heteroatoms. The normalized spacial score (nSPS) is 18.3. The molecule has 1 saturated heterocycles. The van der Waals surface area contributed by atoms with Crippen LogP contribution in [0.4, 0.5) is 0 Å². The highest BCUT2D eigenvalue weighted by Crippen LogP contribution is 2.23. The molecule has 1 aliphatic rings. The SMILES string of the molecule is CCCN(CCC)S(=O)(=O)c1ccc(C(=O)N2CCCCC2CC)cc1. The second-order valence-corrected chi connectivity index (χ2v) is 8.92. The van der Waals surface area contributed by atoms with Gasteiger partial charge in [-0.25, -0.2) is 8.42 Å². The van der Waals surface area contributed by atoms with Crippen LogP contribution in [-0.4, -0.2) is 49.2 Å². The maximum Gasteiger partial charge on any atom is 0.254 e. The summed E-state index contributed by atoms with van der Waals surface area (Å²) in [6, 6.07) is 6.76. The first-order valence-electron chi connectivity index (χ1n) is 9.86. The molecular weight excluding hydrogens is 348 g/mol. The number of nitrogens with zero attached hydrogens (tertiary/aromatic N) is 2. The van der Waals surface area contributed by atoms with Crippen molar-refractivity contribution in [2.24, 2.45) is 0 Å². The maximum absolute atomic E-state index is 12.8. The van der Waals surface area contributed by atoms with E-state index in [1.807, 2.05) is 18.7 Å². The summed E-state index contributed by atoms with van der Waals surface area (Å²) in [5.74, 6) is 0.0134. The fourth-order valence-corrected chi connectivity index (χ4v) is 5.25. The summed E-state index contributed by atoms with van der Waals surface area (Å²) in [6.07, 6.45) is 5.78. The summed E-state index contributed by atoms with van der Waals surface area (Å²) >= 11 is 0. The first kappa shape index (κ1) is 20.9. The van der Waals surface area contributed by atoms with E-state index in [1.54, 1.807) is 24.3 Å². The summed E-state index contributed by atoms with van der Waals surface area (Å²) in [6.45, 7) is 7.89. The minimum Gasteiger partial charge on any atom is -0.336 e. The van der Waals surface area contributed by atoms with Crippen LogP contribution in [0, 0.1) is 0 Å². The third-order valence-corrected chi connectivity index (χ3v) is 6.96. The smallest absolute Gasteiger partial charge is 0.254 e. The highest BCUT2D eigenvalue weighted by molar-refractivity contribution is 7.89. The molecule has 2 rings (SSSR count). The van der Waals surface area contributed by atoms with Gasteiger partial charge >= 0.3 is 0 Å². The maximum atomic E-state index is 12.8. The van der Waals surface area contributed by atoms with Crippen molar-refractivity contribution in [2.75, 3.05) is 19.6 Å². The van der Waals surface area contributed by atoms with E-state index in [0.717, 1.165) is 38.6 Å². The summed E-state index contributed by atoms with van der Waals surface area (Å²) in [5, 5.41) is 0. The number of carbonyl (C=O) groups is 1. The molecule has 1 amide bonds. The van der Waals surface area contributed by atoms with Gasteiger partial charge in [0.1, 0.15) is 0 Å². The van der Waals surface area contributed by atoms with Gasteiger partial charge in [0, 0.05) is 31.2 Å². The number of likely N-dealkylation sites (tertiary alicyclic amines) is 1. The Labute approximate surface area is 158 Å². The van der Waals surface area contributed by atoms with Crippen molar-refractivity contribution < 1.29 is 13.2 Å². The van der Waals surface area contributed by atoms with Gasteiger partial charge in [0.05, 0.1) is 4.90 Å². The molecule has 0 radical (unpaired) electrons. The lowest BCUT2D eigenvalue weighted by Gasteiger charge is -2.35. The Morgan fingerprint density at radius 3 is 2.23 bits per heavy atom. The zero-order valence-corrected chi connectivity index (χ0v) is 17.1. The van der Waals surface area contributed by atoms with Crippen LogP contribution < -0.4 is 0 Å². The summed E-state index contributed by atoms with van der Waals surface area (Å²) in [5.41, 5.74) is 0.571. The van der Waals surface area contributed by atoms with E-state index in [0.29, 0.717) is 24.7 Å². The van der Waals surface area contributed by atoms with Crippen LogP contribution in [0.3, 0.4) is 0 Å². The minimum absolute atomic E-state index is 0.0134. The number of amides is 1. The minimum atomic E-state index is -3.50. The van der Waals surface area contributed by atoms with Gasteiger partial charge in [-0.05, 0) is 62.8 Å². The van der Waals surface area contributed by atoms with Crippen LogP contribution in [0.15, 0.2) is 29.2 Å². The molecule has 26 heavy (non-hydrogen) atoms. The van der Waals surface area contributed by atoms with Gasteiger partial charge in [0.2, 0.25) is 10.0 Å². The fourth-order valence-electron chi connectivity index (χ4n) is 3.63. The first-order valence-corrected chi connectivity index (χ1v) is 11.3. The van der Waals surface area contributed by atoms with E-state index >= 15 is 0 Å². The number of hydrogen-bond acceptors (Lipinski definition) is 3. The van der Waals surface area contributed by atoms with Crippen molar-refractivity contribution in [1.29, 1.82) is 0 Å². The molecule has 1 aromatic carbocycles. The Kier molecular flexibility index (Phi) is 7.65. The van der Waals surface area contributed by atoms with E-state index in [-0.39, 0.29) is 10.8 Å². The molecule has 5 nitrogen and oxygen atoms in total. The van der Waals surface area contributed by atoms with Crippen molar-refractivity contribution in [3.63, 3.8) is 0 Å².